The Morgan fingerprint density at radius 3 is 1.25 bits per heavy atom. The summed E-state index contributed by atoms with van der Waals surface area (Å²) in [5, 5.41) is 0. The van der Waals surface area contributed by atoms with E-state index in [4.69, 9.17) is 9.47 Å². The number of hydrogen-bond acceptors (Lipinski definition) is 6. The number of allylic oxidation sites excluding steroid dienone is 2. The Morgan fingerprint density at radius 1 is 0.556 bits per heavy atom. The zero-order valence-electron chi connectivity index (χ0n) is 20.7. The molecule has 0 atom stereocenters. The fourth-order valence-electron chi connectivity index (χ4n) is 3.45. The molecule has 0 aliphatic heterocycles. The molecular weight excluding hydrogens is 456 g/mol. The molecule has 36 heavy (non-hydrogen) atoms. The van der Waals surface area contributed by atoms with Crippen LogP contribution in [0.25, 0.3) is 0 Å². The molecule has 0 aromatic heterocycles. The van der Waals surface area contributed by atoms with Gasteiger partial charge in [0.05, 0.1) is 0 Å². The van der Waals surface area contributed by atoms with Crippen LogP contribution >= 0.6 is 0 Å². The molecule has 0 amide bonds. The first-order valence-corrected chi connectivity index (χ1v) is 12.4. The number of hydrogen-bond donors (Lipinski definition) is 0. The van der Waals surface area contributed by atoms with Crippen molar-refractivity contribution >= 4 is 23.5 Å². The number of esters is 2. The van der Waals surface area contributed by atoms with Gasteiger partial charge in [0.2, 0.25) is 11.6 Å². The molecule has 0 radical (unpaired) electrons. The molecule has 0 saturated heterocycles. The number of rotatable bonds is 17. The summed E-state index contributed by atoms with van der Waals surface area (Å²) in [6.45, 7) is 7.34. The summed E-state index contributed by atoms with van der Waals surface area (Å²) in [5.74, 6) is -1.39. The van der Waals surface area contributed by atoms with E-state index in [1.807, 2.05) is 12.2 Å². The predicted molar refractivity (Wildman–Crippen MR) is 139 cm³/mol. The molecule has 0 unspecified atom stereocenters. The van der Waals surface area contributed by atoms with Gasteiger partial charge < -0.3 is 9.47 Å². The van der Waals surface area contributed by atoms with Gasteiger partial charge in [-0.05, 0) is 87.1 Å². The maximum Gasteiger partial charge on any atom is 0.311 e. The molecule has 0 aliphatic rings. The van der Waals surface area contributed by atoms with Crippen molar-refractivity contribution < 1.29 is 28.7 Å². The van der Waals surface area contributed by atoms with Crippen LogP contribution < -0.4 is 9.47 Å². The first-order valence-electron chi connectivity index (χ1n) is 12.4. The zero-order valence-corrected chi connectivity index (χ0v) is 20.7. The molecule has 0 bridgehead atoms. The van der Waals surface area contributed by atoms with Crippen molar-refractivity contribution in [2.24, 2.45) is 0 Å². The SMILES string of the molecule is C=CCCCCCC(=O)Oc1ccc(C(=O)C(=O)c2ccc(OC(=O)CCCCCC=C)cc2)cc1. The van der Waals surface area contributed by atoms with Crippen LogP contribution in [0.1, 0.15) is 84.9 Å². The molecule has 0 aliphatic carbocycles. The second-order valence-corrected chi connectivity index (χ2v) is 8.43. The van der Waals surface area contributed by atoms with Gasteiger partial charge in [-0.25, -0.2) is 0 Å². The van der Waals surface area contributed by atoms with Crippen LogP contribution in [-0.2, 0) is 9.59 Å². The minimum Gasteiger partial charge on any atom is -0.427 e. The molecule has 6 nitrogen and oxygen atoms in total. The molecule has 0 fully saturated rings. The van der Waals surface area contributed by atoms with Crippen molar-refractivity contribution in [1.82, 2.24) is 0 Å². The molecule has 2 aromatic rings. The lowest BCUT2D eigenvalue weighted by Crippen LogP contribution is -2.15. The Balaban J connectivity index is 1.83. The Kier molecular flexibility index (Phi) is 12.6. The van der Waals surface area contributed by atoms with Crippen molar-refractivity contribution in [3.05, 3.63) is 85.0 Å². The molecule has 0 heterocycles. The second kappa shape index (κ2) is 16.0. The Bertz CT molecular complexity index is 949. The van der Waals surface area contributed by atoms with Gasteiger partial charge in [-0.2, -0.15) is 0 Å². The normalized spacial score (nSPS) is 10.3. The van der Waals surface area contributed by atoms with Gasteiger partial charge in [0.15, 0.2) is 0 Å². The van der Waals surface area contributed by atoms with Crippen LogP contribution in [0.2, 0.25) is 0 Å². The van der Waals surface area contributed by atoms with Crippen LogP contribution in [0.4, 0.5) is 0 Å². The highest BCUT2D eigenvalue weighted by atomic mass is 16.5. The fraction of sp³-hybridized carbons (Fsp3) is 0.333. The Hall–Kier alpha value is -3.80. The molecule has 0 saturated carbocycles. The predicted octanol–water partition coefficient (Wildman–Crippen LogP) is 6.84. The second-order valence-electron chi connectivity index (χ2n) is 8.43. The third-order valence-electron chi connectivity index (χ3n) is 5.48. The lowest BCUT2D eigenvalue weighted by molar-refractivity contribution is -0.135. The van der Waals surface area contributed by atoms with E-state index in [0.29, 0.717) is 24.3 Å². The van der Waals surface area contributed by atoms with Gasteiger partial charge >= 0.3 is 11.9 Å². The van der Waals surface area contributed by atoms with E-state index < -0.39 is 11.6 Å². The van der Waals surface area contributed by atoms with Gasteiger partial charge in [0.1, 0.15) is 11.5 Å². The van der Waals surface area contributed by atoms with Crippen LogP contribution in [-0.4, -0.2) is 23.5 Å². The van der Waals surface area contributed by atoms with Crippen LogP contribution in [0, 0.1) is 0 Å². The molecule has 2 rings (SSSR count). The summed E-state index contributed by atoms with van der Waals surface area (Å²) in [5.41, 5.74) is 0.382. The van der Waals surface area contributed by atoms with Crippen molar-refractivity contribution in [2.75, 3.05) is 0 Å². The summed E-state index contributed by atoms with van der Waals surface area (Å²) >= 11 is 0. The molecule has 2 aromatic carbocycles. The van der Waals surface area contributed by atoms with E-state index in [2.05, 4.69) is 13.2 Å². The summed E-state index contributed by atoms with van der Waals surface area (Å²) in [4.78, 5) is 49.1. The van der Waals surface area contributed by atoms with Crippen LogP contribution in [0.3, 0.4) is 0 Å². The van der Waals surface area contributed by atoms with Crippen molar-refractivity contribution in [2.45, 2.75) is 64.2 Å². The molecular formula is C30H34O6. The molecule has 6 heteroatoms. The number of ketones is 2. The number of Topliss-reactive ketones (excluding diaryl/α,β-unsaturated/α-hetero) is 2. The average molecular weight is 491 g/mol. The minimum absolute atomic E-state index is 0.191. The Morgan fingerprint density at radius 2 is 0.917 bits per heavy atom. The smallest absolute Gasteiger partial charge is 0.311 e. The fourth-order valence-corrected chi connectivity index (χ4v) is 3.45. The van der Waals surface area contributed by atoms with Gasteiger partial charge in [-0.15, -0.1) is 13.2 Å². The highest BCUT2D eigenvalue weighted by Crippen LogP contribution is 2.18. The summed E-state index contributed by atoms with van der Waals surface area (Å²) in [6.07, 6.45) is 11.5. The molecule has 190 valence electrons. The van der Waals surface area contributed by atoms with E-state index in [1.54, 1.807) is 0 Å². The van der Waals surface area contributed by atoms with Gasteiger partial charge in [-0.1, -0.05) is 25.0 Å². The van der Waals surface area contributed by atoms with Crippen molar-refractivity contribution in [1.29, 1.82) is 0 Å². The summed E-state index contributed by atoms with van der Waals surface area (Å²) < 4.78 is 10.6. The zero-order chi connectivity index (χ0) is 26.2. The van der Waals surface area contributed by atoms with E-state index >= 15 is 0 Å². The largest absolute Gasteiger partial charge is 0.427 e. The van der Waals surface area contributed by atoms with E-state index in [1.165, 1.54) is 48.5 Å². The number of benzene rings is 2. The third kappa shape index (κ3) is 10.2. The van der Waals surface area contributed by atoms with Crippen molar-refractivity contribution in [3.8, 4) is 11.5 Å². The maximum absolute atomic E-state index is 12.6. The quantitative estimate of drug-likeness (QED) is 0.0603. The van der Waals surface area contributed by atoms with Gasteiger partial charge in [0, 0.05) is 24.0 Å². The average Bonchev–Trinajstić information content (AvgIpc) is 2.88. The number of unbranched alkanes of at least 4 members (excludes halogenated alkanes) is 6. The van der Waals surface area contributed by atoms with Gasteiger partial charge in [0.25, 0.3) is 0 Å². The van der Waals surface area contributed by atoms with E-state index in [-0.39, 0.29) is 23.1 Å². The molecule has 0 spiro atoms. The highest BCUT2D eigenvalue weighted by Gasteiger charge is 2.19. The Labute approximate surface area is 213 Å². The number of ether oxygens (including phenoxy) is 2. The number of carbonyl (C=O) groups excluding carboxylic acids is 4. The van der Waals surface area contributed by atoms with Crippen LogP contribution in [0.15, 0.2) is 73.8 Å². The summed E-state index contributed by atoms with van der Waals surface area (Å²) in [6, 6.07) is 11.8. The third-order valence-corrected chi connectivity index (χ3v) is 5.48. The minimum atomic E-state index is -0.681. The van der Waals surface area contributed by atoms with E-state index in [0.717, 1.165) is 51.4 Å². The monoisotopic (exact) mass is 490 g/mol. The lowest BCUT2D eigenvalue weighted by atomic mass is 10.0. The summed E-state index contributed by atoms with van der Waals surface area (Å²) in [7, 11) is 0. The topological polar surface area (TPSA) is 86.7 Å². The first kappa shape index (κ1) is 28.4. The standard InChI is InChI=1S/C30H34O6/c1-3-5-7-9-11-13-27(31)35-25-19-15-23(16-20-25)29(33)30(34)24-17-21-26(22-18-24)36-28(32)14-12-10-8-6-4-2/h3-4,15-22H,1-2,5-14H2. The maximum atomic E-state index is 12.6. The first-order chi connectivity index (χ1) is 17.4. The lowest BCUT2D eigenvalue weighted by Gasteiger charge is -2.07. The highest BCUT2D eigenvalue weighted by molar-refractivity contribution is 6.49. The van der Waals surface area contributed by atoms with Gasteiger partial charge in [-0.3, -0.25) is 19.2 Å². The van der Waals surface area contributed by atoms with E-state index in [9.17, 15) is 19.2 Å². The molecule has 0 N–H and O–H groups in total. The van der Waals surface area contributed by atoms with Crippen molar-refractivity contribution in [3.63, 3.8) is 0 Å². The number of carbonyl (C=O) groups is 4. The van der Waals surface area contributed by atoms with Crippen LogP contribution in [0.5, 0.6) is 11.5 Å².